The Morgan fingerprint density at radius 3 is 1.90 bits per heavy atom. The molecule has 1 aliphatic rings. The number of aromatic hydroxyl groups is 1. The summed E-state index contributed by atoms with van der Waals surface area (Å²) in [7, 11) is 0. The van der Waals surface area contributed by atoms with Crippen LogP contribution in [0.5, 0.6) is 17.2 Å². The standard InChI is InChI=1S/C34H44N2O5.C13H11N3O2/c1-2-3-4-5-6-7-8-9-10-11-12-16-23-30(36(25-37)26-19-14-13-15-20-26)34(40)41-31-24-29(33(35)39)32(38)28-22-18-17-21-27(28)31;17-13(18-10-4-2-1-3-5-10)9-6-7-11-12(8-9)15-16-14-11/h13-15,17-22,24-25,30,38H,2-12,16,23H2,1H3,(H2,35,39);1-8,14-16H. The van der Waals surface area contributed by atoms with E-state index in [0.717, 1.165) is 37.1 Å². The number of nitrogens with one attached hydrogen (secondary N) is 3. The summed E-state index contributed by atoms with van der Waals surface area (Å²) in [6.45, 7) is 2.24. The van der Waals surface area contributed by atoms with Crippen molar-refractivity contribution in [3.63, 3.8) is 0 Å². The van der Waals surface area contributed by atoms with Crippen LogP contribution < -0.4 is 36.5 Å². The van der Waals surface area contributed by atoms with Crippen molar-refractivity contribution in [1.29, 1.82) is 0 Å². The summed E-state index contributed by atoms with van der Waals surface area (Å²) in [5.74, 6) is -1.45. The number of phenols is 1. The number of anilines is 3. The number of primary amides is 1. The molecule has 6 N–H and O–H groups in total. The Labute approximate surface area is 346 Å². The first kappa shape index (κ1) is 43.7. The number of benzene rings is 5. The molecule has 2 amide bonds. The summed E-state index contributed by atoms with van der Waals surface area (Å²) in [6.07, 6.45) is 15.4. The second-order valence-electron chi connectivity index (χ2n) is 14.5. The van der Waals surface area contributed by atoms with Gasteiger partial charge in [0.15, 0.2) is 0 Å². The lowest BCUT2D eigenvalue weighted by atomic mass is 10.0. The molecule has 5 aromatic carbocycles. The van der Waals surface area contributed by atoms with Crippen molar-refractivity contribution in [2.45, 2.75) is 96.4 Å². The normalized spacial score (nSPS) is 11.9. The van der Waals surface area contributed by atoms with E-state index in [2.05, 4.69) is 23.3 Å². The first-order valence-electron chi connectivity index (χ1n) is 20.5. The number of rotatable bonds is 21. The van der Waals surface area contributed by atoms with Gasteiger partial charge in [0, 0.05) is 16.5 Å². The minimum Gasteiger partial charge on any atom is -0.506 e. The van der Waals surface area contributed by atoms with Gasteiger partial charge in [-0.1, -0.05) is 145 Å². The van der Waals surface area contributed by atoms with E-state index in [1.807, 2.05) is 42.5 Å². The van der Waals surface area contributed by atoms with Gasteiger partial charge in [0.25, 0.3) is 5.91 Å². The summed E-state index contributed by atoms with van der Waals surface area (Å²) in [4.78, 5) is 51.2. The molecule has 0 aliphatic carbocycles. The SMILES string of the molecule is CCCCCCCCCCCCCCC(C(=O)Oc1cc(C(N)=O)c(O)c2ccccc12)N(C=O)c1ccccc1.O=C(Oc1ccccc1)c1ccc2c(c1)NNN2. The monoisotopic (exact) mass is 801 g/mol. The molecule has 1 unspecified atom stereocenters. The third-order valence-electron chi connectivity index (χ3n) is 10.2. The summed E-state index contributed by atoms with van der Waals surface area (Å²) in [5.41, 5.74) is 16.7. The molecule has 5 aromatic rings. The third kappa shape index (κ3) is 12.8. The Morgan fingerprint density at radius 1 is 0.695 bits per heavy atom. The predicted octanol–water partition coefficient (Wildman–Crippen LogP) is 9.84. The number of esters is 2. The van der Waals surface area contributed by atoms with Gasteiger partial charge >= 0.3 is 11.9 Å². The lowest BCUT2D eigenvalue weighted by molar-refractivity contribution is -0.136. The molecular formula is C47H55N5O7. The topological polar surface area (TPSA) is 172 Å². The number of carbonyl (C=O) groups is 4. The van der Waals surface area contributed by atoms with Crippen LogP contribution in [0.25, 0.3) is 10.8 Å². The van der Waals surface area contributed by atoms with Crippen LogP contribution in [0.2, 0.25) is 0 Å². The van der Waals surface area contributed by atoms with Crippen LogP contribution in [0.4, 0.5) is 17.1 Å². The zero-order valence-corrected chi connectivity index (χ0v) is 33.7. The maximum Gasteiger partial charge on any atom is 0.343 e. The van der Waals surface area contributed by atoms with Crippen molar-refractivity contribution < 1.29 is 33.8 Å². The van der Waals surface area contributed by atoms with Crippen molar-refractivity contribution in [2.75, 3.05) is 15.8 Å². The number of ether oxygens (including phenoxy) is 2. The smallest absolute Gasteiger partial charge is 0.343 e. The summed E-state index contributed by atoms with van der Waals surface area (Å²) in [6, 6.07) is 30.5. The number of unbranched alkanes of at least 4 members (excludes halogenated alkanes) is 11. The average Bonchev–Trinajstić information content (AvgIpc) is 3.74. The number of hydrogen-bond donors (Lipinski definition) is 5. The average molecular weight is 802 g/mol. The van der Waals surface area contributed by atoms with Gasteiger partial charge in [-0.15, -0.1) is 5.53 Å². The number of nitrogens with zero attached hydrogens (tertiary/aromatic N) is 1. The Morgan fingerprint density at radius 2 is 1.27 bits per heavy atom. The van der Waals surface area contributed by atoms with E-state index in [9.17, 15) is 24.3 Å². The lowest BCUT2D eigenvalue weighted by Crippen LogP contribution is -2.43. The van der Waals surface area contributed by atoms with E-state index < -0.39 is 17.9 Å². The van der Waals surface area contributed by atoms with Gasteiger partial charge < -0.3 is 36.1 Å². The molecule has 1 heterocycles. The molecule has 0 fully saturated rings. The molecule has 12 nitrogen and oxygen atoms in total. The number of nitrogens with two attached hydrogens (primary N) is 1. The number of fused-ring (bicyclic) bond motifs is 2. The highest BCUT2D eigenvalue weighted by Gasteiger charge is 2.29. The highest BCUT2D eigenvalue weighted by molar-refractivity contribution is 6.06. The minimum absolute atomic E-state index is 0.107. The molecule has 310 valence electrons. The van der Waals surface area contributed by atoms with Gasteiger partial charge in [0.2, 0.25) is 6.41 Å². The molecule has 59 heavy (non-hydrogen) atoms. The highest BCUT2D eigenvalue weighted by atomic mass is 16.5. The number of hydrogen-bond acceptors (Lipinski definition) is 10. The summed E-state index contributed by atoms with van der Waals surface area (Å²) in [5, 5.41) is 11.4. The molecule has 1 atom stereocenters. The number of carbonyl (C=O) groups excluding carboxylic acids is 4. The van der Waals surface area contributed by atoms with Gasteiger partial charge in [-0.25, -0.2) is 9.59 Å². The van der Waals surface area contributed by atoms with E-state index in [1.165, 1.54) is 62.3 Å². The minimum atomic E-state index is -0.859. The molecule has 0 aromatic heterocycles. The van der Waals surface area contributed by atoms with E-state index in [4.69, 9.17) is 15.2 Å². The summed E-state index contributed by atoms with van der Waals surface area (Å²) < 4.78 is 11.1. The van der Waals surface area contributed by atoms with Crippen molar-refractivity contribution in [3.8, 4) is 17.2 Å². The van der Waals surface area contributed by atoms with Crippen LogP contribution in [0.15, 0.2) is 109 Å². The number of hydrazine groups is 2. The molecule has 0 bridgehead atoms. The molecular weight excluding hydrogens is 747 g/mol. The van der Waals surface area contributed by atoms with Crippen molar-refractivity contribution >= 4 is 52.1 Å². The van der Waals surface area contributed by atoms with Crippen LogP contribution in [0.1, 0.15) is 111 Å². The lowest BCUT2D eigenvalue weighted by Gasteiger charge is -2.27. The quantitative estimate of drug-likeness (QED) is 0.0208. The largest absolute Gasteiger partial charge is 0.506 e. The third-order valence-corrected chi connectivity index (χ3v) is 10.2. The van der Waals surface area contributed by atoms with E-state index in [1.54, 1.807) is 60.7 Å². The van der Waals surface area contributed by atoms with E-state index >= 15 is 0 Å². The number of amides is 2. The first-order valence-corrected chi connectivity index (χ1v) is 20.5. The second kappa shape index (κ2) is 23.1. The zero-order chi connectivity index (χ0) is 41.8. The van der Waals surface area contributed by atoms with Gasteiger partial charge in [-0.05, 0) is 55.0 Å². The molecule has 1 aliphatic heterocycles. The van der Waals surface area contributed by atoms with Crippen LogP contribution in [-0.4, -0.2) is 35.4 Å². The second-order valence-corrected chi connectivity index (χ2v) is 14.5. The Kier molecular flexibility index (Phi) is 17.1. The van der Waals surface area contributed by atoms with Crippen molar-refractivity contribution in [3.05, 3.63) is 120 Å². The van der Waals surface area contributed by atoms with Crippen LogP contribution in [0, 0.1) is 0 Å². The maximum atomic E-state index is 13.6. The van der Waals surface area contributed by atoms with E-state index in [0.29, 0.717) is 40.6 Å². The van der Waals surface area contributed by atoms with Gasteiger partial charge in [-0.3, -0.25) is 9.59 Å². The van der Waals surface area contributed by atoms with Gasteiger partial charge in [0.1, 0.15) is 23.3 Å². The fourth-order valence-corrected chi connectivity index (χ4v) is 6.94. The molecule has 0 saturated carbocycles. The zero-order valence-electron chi connectivity index (χ0n) is 33.7. The molecule has 12 heteroatoms. The maximum absolute atomic E-state index is 13.6. The van der Waals surface area contributed by atoms with Gasteiger partial charge in [0.05, 0.1) is 22.5 Å². The number of para-hydroxylation sites is 2. The Hall–Kier alpha value is -6.40. The Bertz CT molecular complexity index is 2130. The predicted molar refractivity (Wildman–Crippen MR) is 232 cm³/mol. The van der Waals surface area contributed by atoms with Crippen LogP contribution in [0.3, 0.4) is 0 Å². The molecule has 0 spiro atoms. The fourth-order valence-electron chi connectivity index (χ4n) is 6.94. The van der Waals surface area contributed by atoms with E-state index in [-0.39, 0.29) is 23.0 Å². The van der Waals surface area contributed by atoms with Gasteiger partial charge in [-0.2, -0.15) is 0 Å². The molecule has 6 rings (SSSR count). The first-order chi connectivity index (χ1) is 28.8. The van der Waals surface area contributed by atoms with Crippen molar-refractivity contribution in [2.24, 2.45) is 5.73 Å². The molecule has 0 saturated heterocycles. The fraction of sp³-hybridized carbons (Fsp3) is 0.319. The highest BCUT2D eigenvalue weighted by Crippen LogP contribution is 2.36. The summed E-state index contributed by atoms with van der Waals surface area (Å²) >= 11 is 0. The van der Waals surface area contributed by atoms with Crippen molar-refractivity contribution in [1.82, 2.24) is 5.53 Å². The van der Waals surface area contributed by atoms with Crippen LogP contribution in [-0.2, 0) is 9.59 Å². The molecule has 0 radical (unpaired) electrons. The van der Waals surface area contributed by atoms with Crippen LogP contribution >= 0.6 is 0 Å². The Balaban J connectivity index is 0.000000302.